The van der Waals surface area contributed by atoms with Gasteiger partial charge in [-0.2, -0.15) is 0 Å². The fourth-order valence-corrected chi connectivity index (χ4v) is 2.45. The Morgan fingerprint density at radius 1 is 0.947 bits per heavy atom. The Balaban J connectivity index is 2.43. The lowest BCUT2D eigenvalue weighted by Crippen LogP contribution is -2.09. The van der Waals surface area contributed by atoms with Crippen molar-refractivity contribution in [3.8, 4) is 0 Å². The topological polar surface area (TPSA) is 17.1 Å². The van der Waals surface area contributed by atoms with Gasteiger partial charge in [-0.15, -0.1) is 0 Å². The molecule has 2 aromatic rings. The van der Waals surface area contributed by atoms with Gasteiger partial charge in [0.05, 0.1) is 0 Å². The Morgan fingerprint density at radius 3 is 2.16 bits per heavy atom. The monoisotopic (exact) mass is 316 g/mol. The smallest absolute Gasteiger partial charge is 0.193 e. The van der Waals surface area contributed by atoms with Crippen LogP contribution in [0.2, 0.25) is 0 Å². The van der Waals surface area contributed by atoms with Crippen molar-refractivity contribution >= 4 is 21.7 Å². The van der Waals surface area contributed by atoms with Crippen molar-refractivity contribution in [2.75, 3.05) is 0 Å². The van der Waals surface area contributed by atoms with Crippen molar-refractivity contribution in [2.24, 2.45) is 5.92 Å². The van der Waals surface area contributed by atoms with E-state index in [0.29, 0.717) is 5.92 Å². The van der Waals surface area contributed by atoms with Gasteiger partial charge in [-0.25, -0.2) is 0 Å². The molecule has 0 bridgehead atoms. The van der Waals surface area contributed by atoms with E-state index >= 15 is 0 Å². The van der Waals surface area contributed by atoms with Crippen molar-refractivity contribution in [1.29, 1.82) is 0 Å². The van der Waals surface area contributed by atoms with Crippen LogP contribution in [-0.2, 0) is 0 Å². The van der Waals surface area contributed by atoms with Gasteiger partial charge in [0.15, 0.2) is 5.78 Å². The Bertz CT molecular complexity index is 560. The first-order chi connectivity index (χ1) is 9.11. The Hall–Kier alpha value is -1.41. The van der Waals surface area contributed by atoms with Gasteiger partial charge in [-0.1, -0.05) is 84.4 Å². The summed E-state index contributed by atoms with van der Waals surface area (Å²) in [6.07, 6.45) is 0. The highest BCUT2D eigenvalue weighted by Gasteiger charge is 2.19. The molecule has 0 aliphatic carbocycles. The number of carbonyl (C=O) groups is 1. The minimum atomic E-state index is 0.0845. The molecule has 0 saturated carbocycles. The van der Waals surface area contributed by atoms with E-state index in [1.54, 1.807) is 0 Å². The molecule has 98 valence electrons. The van der Waals surface area contributed by atoms with Crippen LogP contribution < -0.4 is 0 Å². The minimum Gasteiger partial charge on any atom is -0.289 e. The van der Waals surface area contributed by atoms with Crippen LogP contribution in [-0.4, -0.2) is 5.78 Å². The molecule has 0 amide bonds. The minimum absolute atomic E-state index is 0.0845. The molecule has 1 nitrogen and oxygen atoms in total. The van der Waals surface area contributed by atoms with E-state index in [2.05, 4.69) is 29.8 Å². The third-order valence-corrected chi connectivity index (χ3v) is 4.67. The van der Waals surface area contributed by atoms with Gasteiger partial charge in [0.25, 0.3) is 0 Å². The highest BCUT2D eigenvalue weighted by Crippen LogP contribution is 2.33. The summed E-state index contributed by atoms with van der Waals surface area (Å²) in [4.78, 5) is 12.8. The highest BCUT2D eigenvalue weighted by atomic mass is 79.9. The summed E-state index contributed by atoms with van der Waals surface area (Å²) < 4.78 is 0. The van der Waals surface area contributed by atoms with Crippen LogP contribution in [0.25, 0.3) is 0 Å². The molecule has 2 rings (SSSR count). The van der Waals surface area contributed by atoms with Gasteiger partial charge in [0.1, 0.15) is 0 Å². The fraction of sp³-hybridized carbons (Fsp3) is 0.235. The van der Waals surface area contributed by atoms with Crippen molar-refractivity contribution in [1.82, 2.24) is 0 Å². The number of hydrogen-bond donors (Lipinski definition) is 0. The molecule has 0 spiro atoms. The quantitative estimate of drug-likeness (QED) is 0.572. The highest BCUT2D eigenvalue weighted by molar-refractivity contribution is 9.09. The zero-order valence-electron chi connectivity index (χ0n) is 11.1. The molecule has 0 saturated heterocycles. The lowest BCUT2D eigenvalue weighted by Gasteiger charge is -2.17. The number of halogens is 1. The van der Waals surface area contributed by atoms with Gasteiger partial charge in [-0.3, -0.25) is 4.79 Å². The van der Waals surface area contributed by atoms with Crippen molar-refractivity contribution in [3.05, 3.63) is 71.3 Å². The molecule has 2 heteroatoms. The summed E-state index contributed by atoms with van der Waals surface area (Å²) in [5.74, 6) is 0.519. The predicted molar refractivity (Wildman–Crippen MR) is 82.8 cm³/mol. The second-order valence-electron chi connectivity index (χ2n) is 4.93. The van der Waals surface area contributed by atoms with Crippen LogP contribution in [0.3, 0.4) is 0 Å². The molecule has 0 aliphatic rings. The summed E-state index contributed by atoms with van der Waals surface area (Å²) in [6, 6.07) is 17.2. The molecule has 0 N–H and O–H groups in total. The molecule has 1 unspecified atom stereocenters. The molecule has 0 radical (unpaired) electrons. The standard InChI is InChI=1S/C17H17BrO/c1-12(2)16(18)14-10-6-7-11-15(14)17(19)13-8-4-3-5-9-13/h3-12,16H,1-2H3. The second kappa shape index (κ2) is 6.16. The molecule has 1 atom stereocenters. The van der Waals surface area contributed by atoms with Gasteiger partial charge in [0.2, 0.25) is 0 Å². The number of hydrogen-bond acceptors (Lipinski definition) is 1. The Morgan fingerprint density at radius 2 is 1.53 bits per heavy atom. The van der Waals surface area contributed by atoms with Crippen molar-refractivity contribution in [2.45, 2.75) is 18.7 Å². The summed E-state index contributed by atoms with van der Waals surface area (Å²) in [6.45, 7) is 4.28. The van der Waals surface area contributed by atoms with Gasteiger partial charge >= 0.3 is 0 Å². The maximum absolute atomic E-state index is 12.6. The Kier molecular flexibility index (Phi) is 4.54. The summed E-state index contributed by atoms with van der Waals surface area (Å²) in [7, 11) is 0. The molecular weight excluding hydrogens is 300 g/mol. The molecule has 19 heavy (non-hydrogen) atoms. The van der Waals surface area contributed by atoms with Crippen LogP contribution >= 0.6 is 15.9 Å². The molecule has 0 heterocycles. The summed E-state index contributed by atoms with van der Waals surface area (Å²) in [5, 5.41) is 0. The lowest BCUT2D eigenvalue weighted by molar-refractivity contribution is 0.103. The third-order valence-electron chi connectivity index (χ3n) is 3.12. The van der Waals surface area contributed by atoms with E-state index in [1.807, 2.05) is 54.6 Å². The van der Waals surface area contributed by atoms with Crippen LogP contribution in [0.4, 0.5) is 0 Å². The van der Waals surface area contributed by atoms with Crippen LogP contribution in [0.15, 0.2) is 54.6 Å². The molecule has 0 aromatic heterocycles. The Labute approximate surface area is 122 Å². The molecule has 2 aromatic carbocycles. The van der Waals surface area contributed by atoms with E-state index < -0.39 is 0 Å². The first kappa shape index (κ1) is 14.0. The number of benzene rings is 2. The number of alkyl halides is 1. The van der Waals surface area contributed by atoms with Crippen molar-refractivity contribution in [3.63, 3.8) is 0 Å². The molecule has 0 fully saturated rings. The number of rotatable bonds is 4. The predicted octanol–water partition coefficient (Wildman–Crippen LogP) is 5.01. The maximum atomic E-state index is 12.6. The SMILES string of the molecule is CC(C)C(Br)c1ccccc1C(=O)c1ccccc1. The zero-order chi connectivity index (χ0) is 13.8. The van der Waals surface area contributed by atoms with E-state index in [4.69, 9.17) is 0 Å². The van der Waals surface area contributed by atoms with E-state index in [9.17, 15) is 4.79 Å². The largest absolute Gasteiger partial charge is 0.289 e. The van der Waals surface area contributed by atoms with E-state index in [1.165, 1.54) is 0 Å². The maximum Gasteiger partial charge on any atom is 0.193 e. The number of carbonyl (C=O) groups excluding carboxylic acids is 1. The normalized spacial score (nSPS) is 12.4. The zero-order valence-corrected chi connectivity index (χ0v) is 12.7. The van der Waals surface area contributed by atoms with E-state index in [0.717, 1.165) is 16.7 Å². The molecular formula is C17H17BrO. The summed E-state index contributed by atoms with van der Waals surface area (Å²) in [5.41, 5.74) is 2.58. The second-order valence-corrected chi connectivity index (χ2v) is 5.91. The van der Waals surface area contributed by atoms with Crippen molar-refractivity contribution < 1.29 is 4.79 Å². The van der Waals surface area contributed by atoms with Gasteiger partial charge < -0.3 is 0 Å². The summed E-state index contributed by atoms with van der Waals surface area (Å²) >= 11 is 3.69. The average Bonchev–Trinajstić information content (AvgIpc) is 2.46. The van der Waals surface area contributed by atoms with Crippen LogP contribution in [0.1, 0.15) is 40.2 Å². The first-order valence-corrected chi connectivity index (χ1v) is 7.35. The number of ketones is 1. The van der Waals surface area contributed by atoms with E-state index in [-0.39, 0.29) is 10.6 Å². The van der Waals surface area contributed by atoms with Crippen LogP contribution in [0, 0.1) is 5.92 Å². The third kappa shape index (κ3) is 3.13. The average molecular weight is 317 g/mol. The fourth-order valence-electron chi connectivity index (χ4n) is 2.05. The van der Waals surface area contributed by atoms with Gasteiger partial charge in [-0.05, 0) is 11.5 Å². The first-order valence-electron chi connectivity index (χ1n) is 6.44. The molecule has 0 aliphatic heterocycles. The van der Waals surface area contributed by atoms with Crippen LogP contribution in [0.5, 0.6) is 0 Å². The van der Waals surface area contributed by atoms with Gasteiger partial charge in [0, 0.05) is 16.0 Å². The lowest BCUT2D eigenvalue weighted by atomic mass is 9.93.